The maximum Gasteiger partial charge on any atom is 0.184 e. The normalized spacial score (nSPS) is 32.1. The summed E-state index contributed by atoms with van der Waals surface area (Å²) in [6.07, 6.45) is 9.37. The van der Waals surface area contributed by atoms with Gasteiger partial charge >= 0.3 is 0 Å². The highest BCUT2D eigenvalue weighted by molar-refractivity contribution is 5.60. The quantitative estimate of drug-likeness (QED) is 0.748. The molecule has 0 amide bonds. The highest BCUT2D eigenvalue weighted by Gasteiger charge is 2.45. The van der Waals surface area contributed by atoms with Crippen molar-refractivity contribution in [1.82, 2.24) is 9.97 Å². The fraction of sp³-hybridized carbons (Fsp3) is 0.538. The van der Waals surface area contributed by atoms with Gasteiger partial charge in [0, 0.05) is 19.5 Å². The third-order valence-electron chi connectivity index (χ3n) is 3.48. The van der Waals surface area contributed by atoms with Crippen LogP contribution in [-0.2, 0) is 9.47 Å². The molecule has 3 unspecified atom stereocenters. The average molecular weight is 232 g/mol. The predicted molar refractivity (Wildman–Crippen MR) is 63.0 cm³/mol. The van der Waals surface area contributed by atoms with E-state index in [4.69, 9.17) is 9.47 Å². The summed E-state index contributed by atoms with van der Waals surface area (Å²) in [7, 11) is 1.70. The molecule has 1 aliphatic carbocycles. The van der Waals surface area contributed by atoms with Gasteiger partial charge in [0.25, 0.3) is 0 Å². The Morgan fingerprint density at radius 2 is 2.18 bits per heavy atom. The van der Waals surface area contributed by atoms with Crippen LogP contribution in [0.5, 0.6) is 0 Å². The minimum absolute atomic E-state index is 0.0305. The molecule has 4 heteroatoms. The summed E-state index contributed by atoms with van der Waals surface area (Å²) in [4.78, 5) is 8.57. The third-order valence-corrected chi connectivity index (χ3v) is 3.48. The van der Waals surface area contributed by atoms with Gasteiger partial charge in [0.1, 0.15) is 6.10 Å². The summed E-state index contributed by atoms with van der Waals surface area (Å²) in [5, 5.41) is 0. The van der Waals surface area contributed by atoms with Crippen LogP contribution in [0.25, 0.3) is 5.57 Å². The first-order chi connectivity index (χ1) is 8.38. The highest BCUT2D eigenvalue weighted by atomic mass is 16.8. The number of ether oxygens (including phenoxy) is 2. The van der Waals surface area contributed by atoms with E-state index in [1.165, 1.54) is 5.57 Å². The summed E-state index contributed by atoms with van der Waals surface area (Å²) >= 11 is 0. The van der Waals surface area contributed by atoms with Gasteiger partial charge in [0.15, 0.2) is 12.1 Å². The van der Waals surface area contributed by atoms with Gasteiger partial charge in [-0.15, -0.1) is 0 Å². The Morgan fingerprint density at radius 1 is 1.35 bits per heavy atom. The minimum Gasteiger partial charge on any atom is -0.353 e. The van der Waals surface area contributed by atoms with E-state index in [1.54, 1.807) is 19.5 Å². The molecule has 1 saturated heterocycles. The van der Waals surface area contributed by atoms with E-state index >= 15 is 0 Å². The topological polar surface area (TPSA) is 47.5 Å². The van der Waals surface area contributed by atoms with Gasteiger partial charge < -0.3 is 9.47 Å². The second-order valence-corrected chi connectivity index (χ2v) is 4.54. The van der Waals surface area contributed by atoms with Crippen LogP contribution in [0.1, 0.15) is 25.1 Å². The minimum atomic E-state index is 0.0305. The molecule has 17 heavy (non-hydrogen) atoms. The Balaban J connectivity index is 1.64. The number of rotatable bonds is 3. The van der Waals surface area contributed by atoms with Crippen molar-refractivity contribution in [3.63, 3.8) is 0 Å². The summed E-state index contributed by atoms with van der Waals surface area (Å²) in [6, 6.07) is 1.84. The second kappa shape index (κ2) is 4.55. The lowest BCUT2D eigenvalue weighted by atomic mass is 9.87. The van der Waals surface area contributed by atoms with Crippen molar-refractivity contribution in [1.29, 1.82) is 0 Å². The Kier molecular flexibility index (Phi) is 2.91. The van der Waals surface area contributed by atoms with E-state index < -0.39 is 0 Å². The van der Waals surface area contributed by atoms with Crippen LogP contribution in [0.2, 0.25) is 0 Å². The molecule has 2 heterocycles. The number of allylic oxidation sites excluding steroid dienone is 2. The van der Waals surface area contributed by atoms with Crippen LogP contribution in [-0.4, -0.2) is 29.5 Å². The van der Waals surface area contributed by atoms with Crippen LogP contribution in [0.15, 0.2) is 24.5 Å². The summed E-state index contributed by atoms with van der Waals surface area (Å²) in [5.74, 6) is 1.46. The average Bonchev–Trinajstić information content (AvgIpc) is 3.19. The van der Waals surface area contributed by atoms with Crippen LogP contribution in [0.3, 0.4) is 0 Å². The molecule has 1 fully saturated rings. The third kappa shape index (κ3) is 2.23. The lowest BCUT2D eigenvalue weighted by Gasteiger charge is -2.19. The van der Waals surface area contributed by atoms with Crippen LogP contribution in [0.4, 0.5) is 0 Å². The summed E-state index contributed by atoms with van der Waals surface area (Å²) in [5.41, 5.74) is 1.26. The number of aromatic nitrogens is 2. The Bertz CT molecular complexity index is 419. The molecule has 1 aromatic heterocycles. The molecule has 0 saturated carbocycles. The molecule has 1 aliphatic heterocycles. The zero-order chi connectivity index (χ0) is 11.7. The molecule has 0 radical (unpaired) electrons. The van der Waals surface area contributed by atoms with Gasteiger partial charge in [0.2, 0.25) is 0 Å². The first-order valence-electron chi connectivity index (χ1n) is 6.03. The molecule has 0 bridgehead atoms. The van der Waals surface area contributed by atoms with E-state index in [-0.39, 0.29) is 6.29 Å². The molecular formula is C13H16N2O2. The van der Waals surface area contributed by atoms with Crippen molar-refractivity contribution in [3.05, 3.63) is 30.4 Å². The van der Waals surface area contributed by atoms with E-state index in [0.29, 0.717) is 12.0 Å². The Hall–Kier alpha value is -1.26. The van der Waals surface area contributed by atoms with Crippen molar-refractivity contribution in [2.45, 2.75) is 31.7 Å². The molecule has 3 rings (SSSR count). The maximum atomic E-state index is 5.46. The molecule has 4 nitrogen and oxygen atoms in total. The van der Waals surface area contributed by atoms with Crippen molar-refractivity contribution in [2.75, 3.05) is 7.11 Å². The zero-order valence-corrected chi connectivity index (χ0v) is 9.87. The van der Waals surface area contributed by atoms with E-state index in [1.807, 2.05) is 6.07 Å². The number of nitrogens with zero attached hydrogens (tertiary/aromatic N) is 2. The summed E-state index contributed by atoms with van der Waals surface area (Å²) < 4.78 is 10.6. The second-order valence-electron chi connectivity index (χ2n) is 4.54. The molecule has 0 spiro atoms. The zero-order valence-electron chi connectivity index (χ0n) is 9.87. The molecular weight excluding hydrogens is 216 g/mol. The Labute approximate surface area is 101 Å². The monoisotopic (exact) mass is 232 g/mol. The maximum absolute atomic E-state index is 5.46. The molecule has 1 aromatic rings. The van der Waals surface area contributed by atoms with E-state index in [0.717, 1.165) is 25.1 Å². The molecule has 0 aromatic carbocycles. The first-order valence-corrected chi connectivity index (χ1v) is 6.03. The molecule has 0 N–H and O–H groups in total. The molecule has 2 aliphatic rings. The number of epoxide rings is 1. The number of methoxy groups -OCH3 is 1. The molecule has 90 valence electrons. The van der Waals surface area contributed by atoms with Crippen LogP contribution < -0.4 is 0 Å². The number of hydrogen-bond acceptors (Lipinski definition) is 4. The highest BCUT2D eigenvalue weighted by Crippen LogP contribution is 2.39. The van der Waals surface area contributed by atoms with E-state index in [2.05, 4.69) is 16.0 Å². The number of hydrogen-bond donors (Lipinski definition) is 0. The lowest BCUT2D eigenvalue weighted by molar-refractivity contribution is 0.0950. The van der Waals surface area contributed by atoms with Gasteiger partial charge in [-0.3, -0.25) is 0 Å². The van der Waals surface area contributed by atoms with E-state index in [9.17, 15) is 0 Å². The summed E-state index contributed by atoms with van der Waals surface area (Å²) in [6.45, 7) is 0. The fourth-order valence-corrected chi connectivity index (χ4v) is 2.45. The van der Waals surface area contributed by atoms with Gasteiger partial charge in [-0.25, -0.2) is 9.97 Å². The van der Waals surface area contributed by atoms with Gasteiger partial charge in [0.05, 0.1) is 0 Å². The fourth-order valence-electron chi connectivity index (χ4n) is 2.45. The van der Waals surface area contributed by atoms with Gasteiger partial charge in [-0.2, -0.15) is 0 Å². The van der Waals surface area contributed by atoms with Crippen LogP contribution in [0, 0.1) is 5.92 Å². The van der Waals surface area contributed by atoms with Crippen molar-refractivity contribution in [3.8, 4) is 0 Å². The van der Waals surface area contributed by atoms with Gasteiger partial charge in [-0.05, 0) is 36.8 Å². The Morgan fingerprint density at radius 3 is 2.76 bits per heavy atom. The SMILES string of the molecule is COC1OC1C1CC=C(c2ncccn2)CC1. The van der Waals surface area contributed by atoms with Gasteiger partial charge in [-0.1, -0.05) is 6.08 Å². The first kappa shape index (κ1) is 10.9. The molecule has 3 atom stereocenters. The largest absolute Gasteiger partial charge is 0.353 e. The van der Waals surface area contributed by atoms with Crippen LogP contribution >= 0.6 is 0 Å². The van der Waals surface area contributed by atoms with Crippen molar-refractivity contribution < 1.29 is 9.47 Å². The predicted octanol–water partition coefficient (Wildman–Crippen LogP) is 2.03. The standard InChI is InChI=1S/C13H16N2O2/c1-16-13-11(17-13)9-3-5-10(6-4-9)12-14-7-2-8-15-12/h2,5,7-9,11,13H,3-4,6H2,1H3. The lowest BCUT2D eigenvalue weighted by Crippen LogP contribution is -2.15. The smallest absolute Gasteiger partial charge is 0.184 e. The van der Waals surface area contributed by atoms with Crippen molar-refractivity contribution >= 4 is 5.57 Å². The van der Waals surface area contributed by atoms with Crippen molar-refractivity contribution in [2.24, 2.45) is 5.92 Å².